The third kappa shape index (κ3) is 8.10. The first-order chi connectivity index (χ1) is 21.5. The van der Waals surface area contributed by atoms with Gasteiger partial charge in [0, 0.05) is 45.3 Å². The molecule has 1 aromatic carbocycles. The lowest BCUT2D eigenvalue weighted by Crippen LogP contribution is -2.49. The van der Waals surface area contributed by atoms with Crippen molar-refractivity contribution in [1.82, 2.24) is 35.5 Å². The summed E-state index contributed by atoms with van der Waals surface area (Å²) in [5, 5.41) is 38.3. The van der Waals surface area contributed by atoms with Crippen LogP contribution in [0, 0.1) is 5.92 Å². The largest absolute Gasteiger partial charge is 0.494 e. The van der Waals surface area contributed by atoms with Crippen LogP contribution in [0.3, 0.4) is 0 Å². The van der Waals surface area contributed by atoms with Crippen LogP contribution in [0.25, 0.3) is 11.5 Å². The number of carbonyl (C=O) groups excluding carboxylic acids is 3. The number of amides is 3. The number of nitrogens with zero attached hydrogens (tertiary/aromatic N) is 6. The van der Waals surface area contributed by atoms with E-state index in [9.17, 15) is 24.6 Å². The zero-order valence-electron chi connectivity index (χ0n) is 24.6. The van der Waals surface area contributed by atoms with E-state index in [1.54, 1.807) is 28.4 Å². The Bertz CT molecular complexity index is 1550. The van der Waals surface area contributed by atoms with Crippen molar-refractivity contribution in [3.63, 3.8) is 0 Å². The number of para-hydroxylation sites is 1. The first kappa shape index (κ1) is 31.8. The van der Waals surface area contributed by atoms with Gasteiger partial charge in [0.25, 0.3) is 11.8 Å². The van der Waals surface area contributed by atoms with Crippen LogP contribution >= 0.6 is 0 Å². The first-order valence-electron chi connectivity index (χ1n) is 14.1. The average Bonchev–Trinajstić information content (AvgIpc) is 3.75. The summed E-state index contributed by atoms with van der Waals surface area (Å²) < 4.78 is 16.2. The summed E-state index contributed by atoms with van der Waals surface area (Å²) >= 11 is 0. The molecule has 1 aliphatic carbocycles. The molecule has 45 heavy (non-hydrogen) atoms. The van der Waals surface area contributed by atoms with E-state index in [4.69, 9.17) is 21.8 Å². The van der Waals surface area contributed by atoms with Gasteiger partial charge in [0.1, 0.15) is 6.61 Å². The molecule has 0 unspecified atom stereocenters. The highest BCUT2D eigenvalue weighted by molar-refractivity contribution is 6.15. The number of hydrogen-bond acceptors (Lipinski definition) is 14. The Balaban J connectivity index is 1.35. The number of hydrogen-bond donors (Lipinski definition) is 5. The van der Waals surface area contributed by atoms with Crippen LogP contribution < -0.4 is 20.7 Å². The summed E-state index contributed by atoms with van der Waals surface area (Å²) in [5.41, 5.74) is 0.481. The molecule has 3 heterocycles. The molecule has 3 aromatic rings. The van der Waals surface area contributed by atoms with Crippen molar-refractivity contribution >= 4 is 42.8 Å². The standard InChI is InChI=1S/C27H32BN9O8/c1-43-14-21(38)37-10-8-36(9-11-37)13-20-31-26(45-35-20)16-4-3-5-17(23(16)44-2)29-18-12-19(30-24(39)15-6-7-15)33-34-22(18)25(40)32-27(28,41)42/h3-5,12,15,41-42H,6-11,13-14H2,1-2H3,(H,32,40)(H2,29,30,33,39). The van der Waals surface area contributed by atoms with Crippen LogP contribution in [-0.2, 0) is 20.9 Å². The Morgan fingerprint density at radius 3 is 2.53 bits per heavy atom. The third-order valence-electron chi connectivity index (χ3n) is 7.05. The molecule has 2 radical (unpaired) electrons. The molecule has 0 bridgehead atoms. The number of aliphatic hydroxyl groups is 2. The molecule has 0 atom stereocenters. The van der Waals surface area contributed by atoms with E-state index in [1.165, 1.54) is 20.3 Å². The molecular formula is C27H32BN9O8. The van der Waals surface area contributed by atoms with Gasteiger partial charge >= 0.3 is 0 Å². The zero-order valence-corrected chi connectivity index (χ0v) is 24.6. The first-order valence-corrected chi connectivity index (χ1v) is 14.1. The summed E-state index contributed by atoms with van der Waals surface area (Å²) in [6, 6.07) is 6.42. The predicted molar refractivity (Wildman–Crippen MR) is 157 cm³/mol. The maximum atomic E-state index is 12.8. The lowest BCUT2D eigenvalue weighted by Gasteiger charge is -2.33. The smallest absolute Gasteiger partial charge is 0.277 e. The molecule has 2 aliphatic rings. The summed E-state index contributed by atoms with van der Waals surface area (Å²) in [5.74, 6) is -3.50. The van der Waals surface area contributed by atoms with Gasteiger partial charge in [-0.05, 0) is 25.0 Å². The van der Waals surface area contributed by atoms with Gasteiger partial charge < -0.3 is 45.1 Å². The molecule has 0 spiro atoms. The highest BCUT2D eigenvalue weighted by atomic mass is 16.5. The summed E-state index contributed by atoms with van der Waals surface area (Å²) in [4.78, 5) is 45.6. The summed E-state index contributed by atoms with van der Waals surface area (Å²) in [6.07, 6.45) is 1.54. The minimum atomic E-state index is -3.02. The van der Waals surface area contributed by atoms with Gasteiger partial charge in [-0.3, -0.25) is 19.3 Å². The Hall–Kier alpha value is -4.65. The molecular weight excluding hydrogens is 589 g/mol. The van der Waals surface area contributed by atoms with Crippen LogP contribution in [0.4, 0.5) is 17.2 Å². The maximum absolute atomic E-state index is 12.8. The quantitative estimate of drug-likeness (QED) is 0.126. The SMILES string of the molecule is [B]C(O)(O)NC(=O)c1nnc(NC(=O)C2CC2)cc1Nc1cccc(-c2nc(CN3CCN(C(=O)COC)CC3)no2)c1OC. The Morgan fingerprint density at radius 2 is 1.87 bits per heavy atom. The molecule has 5 N–H and O–H groups in total. The lowest BCUT2D eigenvalue weighted by atomic mass is 10.0. The van der Waals surface area contributed by atoms with Gasteiger partial charge in [-0.15, -0.1) is 10.2 Å². The normalized spacial score (nSPS) is 15.4. The van der Waals surface area contributed by atoms with Gasteiger partial charge in [-0.25, -0.2) is 0 Å². The van der Waals surface area contributed by atoms with Crippen molar-refractivity contribution in [2.45, 2.75) is 25.2 Å². The van der Waals surface area contributed by atoms with Gasteiger partial charge in [0.05, 0.1) is 30.6 Å². The number of methoxy groups -OCH3 is 2. The Kier molecular flexibility index (Phi) is 9.57. The van der Waals surface area contributed by atoms with Gasteiger partial charge in [-0.2, -0.15) is 4.98 Å². The van der Waals surface area contributed by atoms with Crippen molar-refractivity contribution < 1.29 is 38.6 Å². The highest BCUT2D eigenvalue weighted by Crippen LogP contribution is 2.38. The van der Waals surface area contributed by atoms with Gasteiger partial charge in [0.15, 0.2) is 36.7 Å². The number of anilines is 3. The lowest BCUT2D eigenvalue weighted by molar-refractivity contribution is -0.137. The minimum Gasteiger partial charge on any atom is -0.494 e. The molecule has 2 fully saturated rings. The topological polar surface area (TPSA) is 217 Å². The Morgan fingerprint density at radius 1 is 1.11 bits per heavy atom. The number of carbonyl (C=O) groups is 3. The summed E-state index contributed by atoms with van der Waals surface area (Å²) in [7, 11) is 8.05. The van der Waals surface area contributed by atoms with Crippen LogP contribution in [0.5, 0.6) is 5.75 Å². The van der Waals surface area contributed by atoms with Gasteiger partial charge in [-0.1, -0.05) is 11.2 Å². The van der Waals surface area contributed by atoms with E-state index in [0.29, 0.717) is 49.8 Å². The molecule has 1 aliphatic heterocycles. The molecule has 5 rings (SSSR count). The fourth-order valence-electron chi connectivity index (χ4n) is 4.68. The predicted octanol–water partition coefficient (Wildman–Crippen LogP) is -0.588. The second kappa shape index (κ2) is 13.6. The molecule has 18 heteroatoms. The number of benzene rings is 1. The van der Waals surface area contributed by atoms with Crippen molar-refractivity contribution in [3.8, 4) is 17.2 Å². The van der Waals surface area contributed by atoms with E-state index in [0.717, 1.165) is 12.8 Å². The van der Waals surface area contributed by atoms with Crippen LogP contribution in [0.2, 0.25) is 0 Å². The van der Waals surface area contributed by atoms with Crippen molar-refractivity contribution in [3.05, 3.63) is 35.8 Å². The molecule has 236 valence electrons. The fraction of sp³-hybridized carbons (Fsp3) is 0.444. The van der Waals surface area contributed by atoms with E-state index in [1.807, 2.05) is 0 Å². The molecule has 17 nitrogen and oxygen atoms in total. The van der Waals surface area contributed by atoms with E-state index in [-0.39, 0.29) is 53.2 Å². The number of nitrogens with one attached hydrogen (secondary N) is 3. The van der Waals surface area contributed by atoms with E-state index in [2.05, 4.69) is 35.9 Å². The van der Waals surface area contributed by atoms with Gasteiger partial charge in [0.2, 0.25) is 11.8 Å². The zero-order chi connectivity index (χ0) is 32.1. The molecule has 1 saturated carbocycles. The second-order valence-electron chi connectivity index (χ2n) is 10.6. The summed E-state index contributed by atoms with van der Waals surface area (Å²) in [6.45, 7) is 2.86. The van der Waals surface area contributed by atoms with E-state index >= 15 is 0 Å². The number of ether oxygens (including phenoxy) is 2. The average molecular weight is 621 g/mol. The third-order valence-corrected chi connectivity index (χ3v) is 7.05. The number of rotatable bonds is 12. The second-order valence-corrected chi connectivity index (χ2v) is 10.6. The fourth-order valence-corrected chi connectivity index (χ4v) is 4.68. The van der Waals surface area contributed by atoms with Crippen molar-refractivity contribution in [2.24, 2.45) is 5.92 Å². The van der Waals surface area contributed by atoms with Crippen LogP contribution in [0.1, 0.15) is 29.2 Å². The maximum Gasteiger partial charge on any atom is 0.277 e. The van der Waals surface area contributed by atoms with E-state index < -0.39 is 11.7 Å². The molecule has 1 saturated heterocycles. The Labute approximate surface area is 258 Å². The molecule has 3 amide bonds. The highest BCUT2D eigenvalue weighted by Gasteiger charge is 2.31. The van der Waals surface area contributed by atoms with Crippen molar-refractivity contribution in [2.75, 3.05) is 57.6 Å². The van der Waals surface area contributed by atoms with Crippen LogP contribution in [0.15, 0.2) is 28.8 Å². The number of aromatic nitrogens is 4. The van der Waals surface area contributed by atoms with Crippen molar-refractivity contribution in [1.29, 1.82) is 0 Å². The monoisotopic (exact) mass is 621 g/mol. The molecule has 2 aromatic heterocycles. The minimum absolute atomic E-state index is 0.0441. The number of piperazine rings is 1. The van der Waals surface area contributed by atoms with Crippen LogP contribution in [-0.4, -0.2) is 119 Å².